The number of piperidine rings is 1. The molecule has 1 aliphatic heterocycles. The number of fused-ring (bicyclic) bond motifs is 1. The van der Waals surface area contributed by atoms with Gasteiger partial charge in [-0.05, 0) is 70.8 Å². The SMILES string of the molecule is Cn1ncc2c1C[C@H]([C@H]1CCCCN1C(=O)OC(C)(C)C)CC2. The molecule has 0 spiro atoms. The number of amides is 1. The molecular weight excluding hydrogens is 290 g/mol. The summed E-state index contributed by atoms with van der Waals surface area (Å²) in [7, 11) is 2.02. The summed E-state index contributed by atoms with van der Waals surface area (Å²) >= 11 is 0. The van der Waals surface area contributed by atoms with Gasteiger partial charge in [-0.25, -0.2) is 4.79 Å². The van der Waals surface area contributed by atoms with Crippen LogP contribution < -0.4 is 0 Å². The smallest absolute Gasteiger partial charge is 0.410 e. The minimum Gasteiger partial charge on any atom is -0.444 e. The predicted molar refractivity (Wildman–Crippen MR) is 89.3 cm³/mol. The fraction of sp³-hybridized carbons (Fsp3) is 0.778. The highest BCUT2D eigenvalue weighted by Crippen LogP contribution is 2.34. The van der Waals surface area contributed by atoms with Gasteiger partial charge in [0.2, 0.25) is 0 Å². The molecule has 1 aliphatic carbocycles. The lowest BCUT2D eigenvalue weighted by Crippen LogP contribution is -2.50. The van der Waals surface area contributed by atoms with E-state index in [4.69, 9.17) is 4.74 Å². The van der Waals surface area contributed by atoms with E-state index in [0.29, 0.717) is 12.0 Å². The summed E-state index contributed by atoms with van der Waals surface area (Å²) in [5, 5.41) is 4.39. The normalized spacial score (nSPS) is 25.1. The van der Waals surface area contributed by atoms with Crippen LogP contribution in [-0.2, 0) is 24.6 Å². The third kappa shape index (κ3) is 3.54. The average molecular weight is 319 g/mol. The van der Waals surface area contributed by atoms with Crippen molar-refractivity contribution >= 4 is 6.09 Å². The summed E-state index contributed by atoms with van der Waals surface area (Å²) in [4.78, 5) is 14.6. The number of nitrogens with zero attached hydrogens (tertiary/aromatic N) is 3. The zero-order valence-corrected chi connectivity index (χ0v) is 14.8. The third-order valence-electron chi connectivity index (χ3n) is 5.11. The maximum absolute atomic E-state index is 12.6. The quantitative estimate of drug-likeness (QED) is 0.798. The van der Waals surface area contributed by atoms with Gasteiger partial charge < -0.3 is 9.64 Å². The Morgan fingerprint density at radius 1 is 1.30 bits per heavy atom. The third-order valence-corrected chi connectivity index (χ3v) is 5.11. The molecule has 1 aromatic heterocycles. The summed E-state index contributed by atoms with van der Waals surface area (Å²) in [6.07, 6.45) is 8.48. The fourth-order valence-corrected chi connectivity index (χ4v) is 3.99. The molecule has 0 bridgehead atoms. The topological polar surface area (TPSA) is 47.4 Å². The molecule has 5 nitrogen and oxygen atoms in total. The van der Waals surface area contributed by atoms with Crippen molar-refractivity contribution in [3.63, 3.8) is 0 Å². The number of carbonyl (C=O) groups is 1. The van der Waals surface area contributed by atoms with Crippen molar-refractivity contribution in [1.82, 2.24) is 14.7 Å². The van der Waals surface area contributed by atoms with Gasteiger partial charge in [0.25, 0.3) is 0 Å². The number of likely N-dealkylation sites (tertiary alicyclic amines) is 1. The Bertz CT molecular complexity index is 573. The summed E-state index contributed by atoms with van der Waals surface area (Å²) < 4.78 is 7.65. The molecule has 2 aliphatic rings. The van der Waals surface area contributed by atoms with Crippen LogP contribution in [0.3, 0.4) is 0 Å². The minimum atomic E-state index is -0.430. The van der Waals surface area contributed by atoms with Gasteiger partial charge in [-0.15, -0.1) is 0 Å². The highest BCUT2D eigenvalue weighted by molar-refractivity contribution is 5.68. The van der Waals surface area contributed by atoms with Crippen molar-refractivity contribution in [2.75, 3.05) is 6.54 Å². The maximum Gasteiger partial charge on any atom is 0.410 e. The van der Waals surface area contributed by atoms with E-state index in [1.54, 1.807) is 0 Å². The average Bonchev–Trinajstić information content (AvgIpc) is 2.86. The Hall–Kier alpha value is -1.52. The first kappa shape index (κ1) is 16.3. The lowest BCUT2D eigenvalue weighted by atomic mass is 9.79. The highest BCUT2D eigenvalue weighted by Gasteiger charge is 2.37. The molecule has 0 N–H and O–H groups in total. The van der Waals surface area contributed by atoms with Crippen molar-refractivity contribution in [3.8, 4) is 0 Å². The van der Waals surface area contributed by atoms with Gasteiger partial charge >= 0.3 is 6.09 Å². The molecule has 2 atom stereocenters. The maximum atomic E-state index is 12.6. The van der Waals surface area contributed by atoms with Gasteiger partial charge in [-0.3, -0.25) is 4.68 Å². The van der Waals surface area contributed by atoms with E-state index in [2.05, 4.69) is 5.10 Å². The molecule has 5 heteroatoms. The molecule has 0 unspecified atom stereocenters. The summed E-state index contributed by atoms with van der Waals surface area (Å²) in [5.74, 6) is 0.519. The monoisotopic (exact) mass is 319 g/mol. The van der Waals surface area contributed by atoms with Gasteiger partial charge in [0, 0.05) is 25.3 Å². The van der Waals surface area contributed by atoms with Crippen LogP contribution in [-0.4, -0.2) is 39.0 Å². The molecule has 2 heterocycles. The van der Waals surface area contributed by atoms with Crippen molar-refractivity contribution in [2.45, 2.75) is 70.9 Å². The van der Waals surface area contributed by atoms with E-state index in [-0.39, 0.29) is 6.09 Å². The molecule has 0 saturated carbocycles. The molecule has 0 aromatic carbocycles. The Morgan fingerprint density at radius 3 is 2.83 bits per heavy atom. The van der Waals surface area contributed by atoms with Gasteiger partial charge in [0.1, 0.15) is 5.60 Å². The molecule has 1 fully saturated rings. The second-order valence-electron chi connectivity index (χ2n) is 7.98. The number of carbonyl (C=O) groups excluding carboxylic acids is 1. The number of aromatic nitrogens is 2. The van der Waals surface area contributed by atoms with Crippen molar-refractivity contribution < 1.29 is 9.53 Å². The van der Waals surface area contributed by atoms with Crippen molar-refractivity contribution in [3.05, 3.63) is 17.5 Å². The lowest BCUT2D eigenvalue weighted by Gasteiger charge is -2.42. The van der Waals surface area contributed by atoms with E-state index in [0.717, 1.165) is 38.6 Å². The number of ether oxygens (including phenoxy) is 1. The standard InChI is InChI=1S/C18H29N3O2/c1-18(2,3)23-17(22)21-10-6-5-7-15(21)13-8-9-14-12-19-20(4)16(14)11-13/h12-13,15H,5-11H2,1-4H3/t13-,15-/m1/s1. The van der Waals surface area contributed by atoms with Crippen LogP contribution in [0.15, 0.2) is 6.20 Å². The van der Waals surface area contributed by atoms with E-state index in [9.17, 15) is 4.79 Å². The number of hydrogen-bond acceptors (Lipinski definition) is 3. The number of hydrogen-bond donors (Lipinski definition) is 0. The largest absolute Gasteiger partial charge is 0.444 e. The first-order valence-electron chi connectivity index (χ1n) is 8.84. The Kier molecular flexibility index (Phi) is 4.39. The van der Waals surface area contributed by atoms with E-state index in [1.807, 2.05) is 43.6 Å². The number of aryl methyl sites for hydroxylation is 2. The lowest BCUT2D eigenvalue weighted by molar-refractivity contribution is 0.000170. The Labute approximate surface area is 139 Å². The zero-order chi connectivity index (χ0) is 16.6. The van der Waals surface area contributed by atoms with Gasteiger partial charge in [0.05, 0.1) is 6.20 Å². The van der Waals surface area contributed by atoms with Gasteiger partial charge in [-0.2, -0.15) is 5.10 Å². The first-order valence-corrected chi connectivity index (χ1v) is 8.84. The van der Waals surface area contributed by atoms with Crippen LogP contribution in [0.5, 0.6) is 0 Å². The Balaban J connectivity index is 1.74. The second kappa shape index (κ2) is 6.17. The first-order chi connectivity index (χ1) is 10.8. The molecular formula is C18H29N3O2. The van der Waals surface area contributed by atoms with Crippen molar-refractivity contribution in [2.24, 2.45) is 13.0 Å². The molecule has 23 heavy (non-hydrogen) atoms. The fourth-order valence-electron chi connectivity index (χ4n) is 3.99. The predicted octanol–water partition coefficient (Wildman–Crippen LogP) is 3.31. The molecule has 1 saturated heterocycles. The molecule has 3 rings (SSSR count). The molecule has 1 amide bonds. The van der Waals surface area contributed by atoms with Crippen LogP contribution in [0.25, 0.3) is 0 Å². The number of rotatable bonds is 1. The van der Waals surface area contributed by atoms with E-state index < -0.39 is 5.60 Å². The van der Waals surface area contributed by atoms with Crippen LogP contribution >= 0.6 is 0 Å². The highest BCUT2D eigenvalue weighted by atomic mass is 16.6. The molecule has 1 aromatic rings. The molecule has 0 radical (unpaired) electrons. The zero-order valence-electron chi connectivity index (χ0n) is 14.8. The summed E-state index contributed by atoms with van der Waals surface area (Å²) in [6.45, 7) is 6.64. The van der Waals surface area contributed by atoms with Crippen LogP contribution in [0, 0.1) is 5.92 Å². The molecule has 128 valence electrons. The Morgan fingerprint density at radius 2 is 2.09 bits per heavy atom. The summed E-state index contributed by atoms with van der Waals surface area (Å²) in [5.41, 5.74) is 2.29. The van der Waals surface area contributed by atoms with Crippen LogP contribution in [0.2, 0.25) is 0 Å². The minimum absolute atomic E-state index is 0.141. The van der Waals surface area contributed by atoms with Crippen LogP contribution in [0.4, 0.5) is 4.79 Å². The summed E-state index contributed by atoms with van der Waals surface area (Å²) in [6, 6.07) is 0.307. The van der Waals surface area contributed by atoms with E-state index >= 15 is 0 Å². The van der Waals surface area contributed by atoms with E-state index in [1.165, 1.54) is 17.7 Å². The second-order valence-corrected chi connectivity index (χ2v) is 7.98. The van der Waals surface area contributed by atoms with Gasteiger partial charge in [-0.1, -0.05) is 0 Å². The van der Waals surface area contributed by atoms with Crippen molar-refractivity contribution in [1.29, 1.82) is 0 Å². The van der Waals surface area contributed by atoms with Gasteiger partial charge in [0.15, 0.2) is 0 Å². The van der Waals surface area contributed by atoms with Crippen LogP contribution in [0.1, 0.15) is 57.7 Å².